The van der Waals surface area contributed by atoms with Crippen LogP contribution < -0.4 is 0 Å². The molecule has 0 aliphatic rings. The van der Waals surface area contributed by atoms with Gasteiger partial charge >= 0.3 is 102 Å². The SMILES string of the molecule is CCCN(CCC)[CH2][Sn]([CH2]C)([CH2]C)[CH2]C. The van der Waals surface area contributed by atoms with Crippen LogP contribution in [0, 0.1) is 0 Å². The Morgan fingerprint density at radius 1 is 0.733 bits per heavy atom. The molecule has 92 valence electrons. The van der Waals surface area contributed by atoms with Gasteiger partial charge in [-0.05, 0) is 0 Å². The van der Waals surface area contributed by atoms with Crippen molar-refractivity contribution < 1.29 is 0 Å². The first-order chi connectivity index (χ1) is 7.17. The first-order valence-electron chi connectivity index (χ1n) is 6.90. The van der Waals surface area contributed by atoms with E-state index in [0.29, 0.717) is 0 Å². The van der Waals surface area contributed by atoms with Gasteiger partial charge in [-0.2, -0.15) is 0 Å². The van der Waals surface area contributed by atoms with Crippen LogP contribution in [0.15, 0.2) is 0 Å². The van der Waals surface area contributed by atoms with Gasteiger partial charge in [0.25, 0.3) is 0 Å². The van der Waals surface area contributed by atoms with E-state index in [-0.39, 0.29) is 0 Å². The molecule has 0 amide bonds. The van der Waals surface area contributed by atoms with Gasteiger partial charge in [0.15, 0.2) is 0 Å². The van der Waals surface area contributed by atoms with Crippen molar-refractivity contribution in [2.24, 2.45) is 0 Å². The van der Waals surface area contributed by atoms with Crippen LogP contribution in [0.25, 0.3) is 0 Å². The molecule has 0 saturated carbocycles. The minimum absolute atomic E-state index is 1.32. The average Bonchev–Trinajstić information content (AvgIpc) is 2.27. The fraction of sp³-hybridized carbons (Fsp3) is 1.00. The van der Waals surface area contributed by atoms with E-state index < -0.39 is 18.4 Å². The van der Waals surface area contributed by atoms with Crippen molar-refractivity contribution in [1.82, 2.24) is 4.90 Å². The van der Waals surface area contributed by atoms with Gasteiger partial charge in [-0.1, -0.05) is 0 Å². The second-order valence-corrected chi connectivity index (χ2v) is 20.4. The van der Waals surface area contributed by atoms with Crippen LogP contribution in [0.2, 0.25) is 13.3 Å². The summed E-state index contributed by atoms with van der Waals surface area (Å²) in [6.45, 7) is 14.6. The summed E-state index contributed by atoms with van der Waals surface area (Å²) in [4.78, 5) is 2.76. The van der Waals surface area contributed by atoms with Crippen LogP contribution in [0.5, 0.6) is 0 Å². The van der Waals surface area contributed by atoms with Crippen LogP contribution in [0.1, 0.15) is 47.5 Å². The summed E-state index contributed by atoms with van der Waals surface area (Å²) in [5, 5.41) is 0. The maximum absolute atomic E-state index is 2.76. The molecule has 0 aromatic heterocycles. The van der Waals surface area contributed by atoms with Crippen LogP contribution >= 0.6 is 0 Å². The second kappa shape index (κ2) is 8.86. The van der Waals surface area contributed by atoms with Gasteiger partial charge in [-0.3, -0.25) is 0 Å². The first kappa shape index (κ1) is 15.8. The third-order valence-electron chi connectivity index (χ3n) is 3.89. The molecule has 0 bridgehead atoms. The zero-order valence-electron chi connectivity index (χ0n) is 11.6. The van der Waals surface area contributed by atoms with Crippen molar-refractivity contribution >= 4 is 18.4 Å². The topological polar surface area (TPSA) is 3.24 Å². The molecule has 15 heavy (non-hydrogen) atoms. The maximum atomic E-state index is 2.76. The van der Waals surface area contributed by atoms with E-state index >= 15 is 0 Å². The fourth-order valence-electron chi connectivity index (χ4n) is 2.46. The van der Waals surface area contributed by atoms with E-state index in [4.69, 9.17) is 0 Å². The quantitative estimate of drug-likeness (QED) is 0.577. The van der Waals surface area contributed by atoms with Gasteiger partial charge in [-0.25, -0.2) is 0 Å². The van der Waals surface area contributed by atoms with Crippen LogP contribution in [-0.2, 0) is 0 Å². The summed E-state index contributed by atoms with van der Waals surface area (Å²) in [7, 11) is 0. The molecule has 0 N–H and O–H groups in total. The third kappa shape index (κ3) is 5.58. The summed E-state index contributed by atoms with van der Waals surface area (Å²) < 4.78 is 6.11. The van der Waals surface area contributed by atoms with Crippen molar-refractivity contribution in [3.05, 3.63) is 0 Å². The Balaban J connectivity index is 4.30. The Morgan fingerprint density at radius 3 is 1.40 bits per heavy atom. The Labute approximate surface area is 101 Å². The average molecular weight is 320 g/mol. The molecule has 0 aliphatic heterocycles. The Bertz CT molecular complexity index is 129. The van der Waals surface area contributed by atoms with Gasteiger partial charge < -0.3 is 0 Å². The summed E-state index contributed by atoms with van der Waals surface area (Å²) in [5.41, 5.74) is 0. The Hall–Kier alpha value is 0.759. The molecule has 0 rings (SSSR count). The zero-order chi connectivity index (χ0) is 11.7. The summed E-state index contributed by atoms with van der Waals surface area (Å²) >= 11 is -1.70. The number of hydrogen-bond acceptors (Lipinski definition) is 1. The molecule has 0 spiro atoms. The molecule has 0 aromatic rings. The van der Waals surface area contributed by atoms with Gasteiger partial charge in [0.05, 0.1) is 0 Å². The summed E-state index contributed by atoms with van der Waals surface area (Å²) in [5.74, 6) is 0. The fourth-order valence-corrected chi connectivity index (χ4v) is 12.3. The second-order valence-electron chi connectivity index (χ2n) is 4.84. The predicted octanol–water partition coefficient (Wildman–Crippen LogP) is 4.16. The normalized spacial score (nSPS) is 12.4. The van der Waals surface area contributed by atoms with Gasteiger partial charge in [-0.15, -0.1) is 0 Å². The molecular formula is C13H31NSn. The van der Waals surface area contributed by atoms with Crippen molar-refractivity contribution in [2.45, 2.75) is 60.8 Å². The Kier molecular flexibility index (Phi) is 9.31. The van der Waals surface area contributed by atoms with Gasteiger partial charge in [0, 0.05) is 0 Å². The monoisotopic (exact) mass is 321 g/mol. The molecule has 0 atom stereocenters. The number of nitrogens with zero attached hydrogens (tertiary/aromatic N) is 1. The van der Waals surface area contributed by atoms with Crippen molar-refractivity contribution in [3.8, 4) is 0 Å². The van der Waals surface area contributed by atoms with E-state index in [9.17, 15) is 0 Å². The molecule has 2 heteroatoms. The van der Waals surface area contributed by atoms with Crippen molar-refractivity contribution in [3.63, 3.8) is 0 Å². The van der Waals surface area contributed by atoms with E-state index in [1.165, 1.54) is 43.8 Å². The molecule has 0 saturated heterocycles. The van der Waals surface area contributed by atoms with Crippen molar-refractivity contribution in [1.29, 1.82) is 0 Å². The molecule has 0 fully saturated rings. The van der Waals surface area contributed by atoms with Crippen LogP contribution in [0.4, 0.5) is 0 Å². The first-order valence-corrected chi connectivity index (χ1v) is 15.0. The van der Waals surface area contributed by atoms with E-state index in [1.807, 2.05) is 0 Å². The minimum atomic E-state index is -1.70. The number of rotatable bonds is 9. The summed E-state index contributed by atoms with van der Waals surface area (Å²) in [6.07, 6.45) is 2.64. The zero-order valence-corrected chi connectivity index (χ0v) is 14.5. The molecule has 0 unspecified atom stereocenters. The van der Waals surface area contributed by atoms with E-state index in [1.54, 1.807) is 0 Å². The van der Waals surface area contributed by atoms with Gasteiger partial charge in [0.1, 0.15) is 0 Å². The number of hydrogen-bond donors (Lipinski definition) is 0. The van der Waals surface area contributed by atoms with Gasteiger partial charge in [0.2, 0.25) is 0 Å². The molecule has 1 nitrogen and oxygen atoms in total. The molecular weight excluding hydrogens is 289 g/mol. The predicted molar refractivity (Wildman–Crippen MR) is 74.2 cm³/mol. The third-order valence-corrected chi connectivity index (χ3v) is 19.9. The standard InChI is InChI=1S/C7H16N.3C2H5.Sn/c1-4-6-8(3)7-5-2;3*1-2;/h3-7H2,1-2H3;3*1H2,2H3;. The molecule has 0 aliphatic carbocycles. The molecule has 0 radical (unpaired) electrons. The van der Waals surface area contributed by atoms with Crippen LogP contribution in [0.3, 0.4) is 0 Å². The van der Waals surface area contributed by atoms with E-state index in [2.05, 4.69) is 39.5 Å². The molecule has 0 heterocycles. The van der Waals surface area contributed by atoms with E-state index in [0.717, 1.165) is 0 Å². The summed E-state index contributed by atoms with van der Waals surface area (Å²) in [6, 6.07) is 0. The van der Waals surface area contributed by atoms with Crippen LogP contribution in [-0.4, -0.2) is 40.9 Å². The molecule has 0 aromatic carbocycles. The van der Waals surface area contributed by atoms with Crippen molar-refractivity contribution in [2.75, 3.05) is 17.7 Å². The Morgan fingerprint density at radius 2 is 1.13 bits per heavy atom.